The Bertz CT molecular complexity index is 1820. The lowest BCUT2D eigenvalue weighted by molar-refractivity contribution is -0.184. The maximum Gasteiger partial charge on any atom is 0.259 e. The van der Waals surface area contributed by atoms with Crippen LogP contribution >= 0.6 is 8.53 Å². The number of benzene rings is 4. The van der Waals surface area contributed by atoms with E-state index >= 15 is 0 Å². The third kappa shape index (κ3) is 7.91. The standard InChI is InChI=1S/C43H50FN2O7P/c1-29(2)46(30(3)4)54(51-25-11-24-45)53-41-40-39(32-14-23-38(44)31(5)26-32)52-42(41,27-49-40)28-50-43(33-12-9-8-10-13-33,34-15-19-36(47-6)20-16-34)35-17-21-37(48-7)22-18-35/h8-10,12-23,26,29-30,39-41H,11,25,27-28H2,1-7H3/t39-,40+,41-,42+,54?/m0/s1. The number of nitriles is 1. The SMILES string of the molecule is COc1ccc(C(OC[C@@]23CO[C@H]([C@H](c4ccc(F)c(C)c4)O2)[C@@H]3OP(OCCC#N)N(C(C)C)C(C)C)(c2ccccc2)c2ccc(OC)cc2)cc1. The minimum absolute atomic E-state index is 0.0581. The van der Waals surface area contributed by atoms with Crippen LogP contribution in [-0.4, -0.2) is 68.6 Å². The molecule has 286 valence electrons. The highest BCUT2D eigenvalue weighted by Crippen LogP contribution is 2.57. The number of fused-ring (bicyclic) bond motifs is 2. The summed E-state index contributed by atoms with van der Waals surface area (Å²) < 4.78 is 62.4. The van der Waals surface area contributed by atoms with Crippen LogP contribution in [0.1, 0.15) is 68.0 Å². The molecule has 2 bridgehead atoms. The number of methoxy groups -OCH3 is 2. The quantitative estimate of drug-likeness (QED) is 0.0595. The van der Waals surface area contributed by atoms with E-state index in [1.165, 1.54) is 6.07 Å². The summed E-state index contributed by atoms with van der Waals surface area (Å²) in [7, 11) is 1.61. The zero-order chi connectivity index (χ0) is 38.5. The van der Waals surface area contributed by atoms with Crippen molar-refractivity contribution in [2.24, 2.45) is 0 Å². The van der Waals surface area contributed by atoms with E-state index in [1.54, 1.807) is 33.3 Å². The van der Waals surface area contributed by atoms with Gasteiger partial charge in [-0.15, -0.1) is 0 Å². The summed E-state index contributed by atoms with van der Waals surface area (Å²) in [5.41, 5.74) is 1.73. The second-order valence-corrected chi connectivity index (χ2v) is 15.7. The summed E-state index contributed by atoms with van der Waals surface area (Å²) in [6.07, 6.45) is -1.52. The molecule has 4 aromatic rings. The van der Waals surface area contributed by atoms with Crippen LogP contribution in [0.25, 0.3) is 0 Å². The topological polar surface area (TPSA) is 91.6 Å². The molecule has 0 aromatic heterocycles. The van der Waals surface area contributed by atoms with Gasteiger partial charge in [0.05, 0.1) is 46.5 Å². The number of nitrogens with zero attached hydrogens (tertiary/aromatic N) is 2. The molecule has 0 radical (unpaired) electrons. The average molecular weight is 757 g/mol. The van der Waals surface area contributed by atoms with Crippen LogP contribution in [0.5, 0.6) is 11.5 Å². The Morgan fingerprint density at radius 2 is 1.48 bits per heavy atom. The first-order valence-electron chi connectivity index (χ1n) is 18.4. The molecule has 5 atom stereocenters. The summed E-state index contributed by atoms with van der Waals surface area (Å²) in [6, 6.07) is 33.2. The van der Waals surface area contributed by atoms with Gasteiger partial charge in [-0.2, -0.15) is 5.26 Å². The van der Waals surface area contributed by atoms with Gasteiger partial charge in [0, 0.05) is 12.1 Å². The molecule has 0 aliphatic carbocycles. The number of halogens is 1. The minimum Gasteiger partial charge on any atom is -0.497 e. The van der Waals surface area contributed by atoms with E-state index in [0.29, 0.717) is 5.56 Å². The summed E-state index contributed by atoms with van der Waals surface area (Å²) >= 11 is 0. The van der Waals surface area contributed by atoms with Crippen LogP contribution in [0, 0.1) is 24.1 Å². The molecule has 9 nitrogen and oxygen atoms in total. The zero-order valence-corrected chi connectivity index (χ0v) is 32.9. The molecule has 11 heteroatoms. The normalized spacial score (nSPS) is 21.5. The van der Waals surface area contributed by atoms with E-state index in [4.69, 9.17) is 32.7 Å². The number of rotatable bonds is 17. The molecule has 0 spiro atoms. The molecule has 1 unspecified atom stereocenters. The summed E-state index contributed by atoms with van der Waals surface area (Å²) in [4.78, 5) is 0. The number of hydrogen-bond donors (Lipinski definition) is 0. The van der Waals surface area contributed by atoms with Gasteiger partial charge in [-0.25, -0.2) is 9.06 Å². The molecule has 2 aliphatic rings. The van der Waals surface area contributed by atoms with Crippen molar-refractivity contribution in [1.82, 2.24) is 4.67 Å². The van der Waals surface area contributed by atoms with Crippen LogP contribution < -0.4 is 9.47 Å². The highest BCUT2D eigenvalue weighted by atomic mass is 31.2. The fourth-order valence-corrected chi connectivity index (χ4v) is 9.30. The van der Waals surface area contributed by atoms with E-state index in [1.807, 2.05) is 66.7 Å². The van der Waals surface area contributed by atoms with Gasteiger partial charge < -0.3 is 32.7 Å². The second-order valence-electron chi connectivity index (χ2n) is 14.3. The lowest BCUT2D eigenvalue weighted by Crippen LogP contribution is -2.49. The number of aryl methyl sites for hydroxylation is 1. The monoisotopic (exact) mass is 756 g/mol. The van der Waals surface area contributed by atoms with Crippen LogP contribution in [0.3, 0.4) is 0 Å². The highest BCUT2D eigenvalue weighted by Gasteiger charge is 2.64. The Balaban J connectivity index is 1.47. The maximum absolute atomic E-state index is 14.5. The average Bonchev–Trinajstić information content (AvgIpc) is 3.68. The molecule has 0 N–H and O–H groups in total. The summed E-state index contributed by atoms with van der Waals surface area (Å²) in [5, 5.41) is 9.37. The van der Waals surface area contributed by atoms with Gasteiger partial charge in [0.1, 0.15) is 46.8 Å². The van der Waals surface area contributed by atoms with Crippen LogP contribution in [0.4, 0.5) is 4.39 Å². The van der Waals surface area contributed by atoms with Gasteiger partial charge in [0.25, 0.3) is 8.53 Å². The highest BCUT2D eigenvalue weighted by molar-refractivity contribution is 7.44. The minimum atomic E-state index is -1.67. The van der Waals surface area contributed by atoms with Crippen molar-refractivity contribution in [1.29, 1.82) is 5.26 Å². The molecule has 2 aliphatic heterocycles. The van der Waals surface area contributed by atoms with Gasteiger partial charge in [-0.1, -0.05) is 66.7 Å². The fraction of sp³-hybridized carbons (Fsp3) is 0.419. The lowest BCUT2D eigenvalue weighted by atomic mass is 9.79. The van der Waals surface area contributed by atoms with Crippen molar-refractivity contribution in [2.75, 3.05) is 34.0 Å². The van der Waals surface area contributed by atoms with Crippen molar-refractivity contribution >= 4 is 8.53 Å². The third-order valence-corrected chi connectivity index (χ3v) is 12.2. The van der Waals surface area contributed by atoms with Crippen molar-refractivity contribution in [3.05, 3.63) is 131 Å². The Morgan fingerprint density at radius 3 is 2.02 bits per heavy atom. The molecule has 2 saturated heterocycles. The van der Waals surface area contributed by atoms with Crippen LogP contribution in [0.2, 0.25) is 0 Å². The third-order valence-electron chi connectivity index (χ3n) is 10.1. The molecule has 0 saturated carbocycles. The van der Waals surface area contributed by atoms with Gasteiger partial charge in [0.2, 0.25) is 0 Å². The first kappa shape index (κ1) is 39.8. The Morgan fingerprint density at radius 1 is 0.889 bits per heavy atom. The fourth-order valence-electron chi connectivity index (χ4n) is 7.49. The smallest absolute Gasteiger partial charge is 0.259 e. The molecule has 2 heterocycles. The second kappa shape index (κ2) is 17.3. The predicted octanol–water partition coefficient (Wildman–Crippen LogP) is 9.03. The first-order chi connectivity index (χ1) is 26.1. The zero-order valence-electron chi connectivity index (χ0n) is 32.0. The molecular formula is C43H50FN2O7P. The Labute approximate surface area is 319 Å². The Kier molecular flexibility index (Phi) is 12.7. The van der Waals surface area contributed by atoms with E-state index in [-0.39, 0.29) is 44.1 Å². The van der Waals surface area contributed by atoms with E-state index < -0.39 is 38.0 Å². The molecule has 4 aromatic carbocycles. The summed E-state index contributed by atoms with van der Waals surface area (Å²) in [5.74, 6) is 1.14. The van der Waals surface area contributed by atoms with Crippen molar-refractivity contribution < 1.29 is 37.1 Å². The lowest BCUT2D eigenvalue weighted by Gasteiger charge is -2.41. The van der Waals surface area contributed by atoms with Crippen molar-refractivity contribution in [3.63, 3.8) is 0 Å². The van der Waals surface area contributed by atoms with E-state index in [2.05, 4.69) is 50.6 Å². The summed E-state index contributed by atoms with van der Waals surface area (Å²) in [6.45, 7) is 10.6. The van der Waals surface area contributed by atoms with Gasteiger partial charge in [-0.05, 0) is 92.8 Å². The van der Waals surface area contributed by atoms with E-state index in [0.717, 1.165) is 33.8 Å². The van der Waals surface area contributed by atoms with E-state index in [9.17, 15) is 9.65 Å². The predicted molar refractivity (Wildman–Crippen MR) is 206 cm³/mol. The van der Waals surface area contributed by atoms with Gasteiger partial charge in [-0.3, -0.25) is 0 Å². The Hall–Kier alpha value is -3.91. The van der Waals surface area contributed by atoms with Gasteiger partial charge in [0.15, 0.2) is 0 Å². The molecule has 6 rings (SSSR count). The largest absolute Gasteiger partial charge is 0.497 e. The van der Waals surface area contributed by atoms with Crippen LogP contribution in [0.15, 0.2) is 97.1 Å². The number of ether oxygens (including phenoxy) is 5. The number of hydrogen-bond acceptors (Lipinski definition) is 9. The van der Waals surface area contributed by atoms with Crippen molar-refractivity contribution in [3.8, 4) is 17.6 Å². The van der Waals surface area contributed by atoms with Crippen molar-refractivity contribution in [2.45, 2.75) is 82.6 Å². The molecule has 2 fully saturated rings. The first-order valence-corrected chi connectivity index (χ1v) is 19.5. The molecule has 0 amide bonds. The van der Waals surface area contributed by atoms with Crippen LogP contribution in [-0.2, 0) is 28.9 Å². The maximum atomic E-state index is 14.5. The molecular weight excluding hydrogens is 706 g/mol. The molecule has 54 heavy (non-hydrogen) atoms. The van der Waals surface area contributed by atoms with Gasteiger partial charge >= 0.3 is 0 Å².